The SMILES string of the molecule is CCN1C(=O)COc2ccc(-c3cc(N=[N+]=[N-])[nH]n3)cc21. The van der Waals surface area contributed by atoms with Crippen molar-refractivity contribution in [2.75, 3.05) is 18.1 Å². The number of likely N-dealkylation sites (N-methyl/N-ethyl adjacent to an activating group) is 1. The first kappa shape index (κ1) is 13.0. The van der Waals surface area contributed by atoms with E-state index < -0.39 is 0 Å². The minimum Gasteiger partial charge on any atom is -0.482 e. The summed E-state index contributed by atoms with van der Waals surface area (Å²) in [5.41, 5.74) is 10.6. The van der Waals surface area contributed by atoms with E-state index in [1.54, 1.807) is 11.0 Å². The normalized spacial score (nSPS) is 13.4. The zero-order valence-electron chi connectivity index (χ0n) is 11.3. The lowest BCUT2D eigenvalue weighted by Crippen LogP contribution is -2.38. The quantitative estimate of drug-likeness (QED) is 0.531. The van der Waals surface area contributed by atoms with Crippen molar-refractivity contribution in [3.8, 4) is 17.0 Å². The van der Waals surface area contributed by atoms with Gasteiger partial charge in [-0.1, -0.05) is 0 Å². The Kier molecular flexibility index (Phi) is 3.21. The Morgan fingerprint density at radius 3 is 3.14 bits per heavy atom. The molecule has 2 aromatic rings. The lowest BCUT2D eigenvalue weighted by molar-refractivity contribution is -0.121. The fourth-order valence-corrected chi connectivity index (χ4v) is 2.27. The van der Waals surface area contributed by atoms with Crippen LogP contribution in [0.3, 0.4) is 0 Å². The van der Waals surface area contributed by atoms with Crippen LogP contribution in [0.25, 0.3) is 21.7 Å². The molecule has 0 saturated heterocycles. The topological polar surface area (TPSA) is 107 Å². The molecule has 1 N–H and O–H groups in total. The van der Waals surface area contributed by atoms with Gasteiger partial charge in [0, 0.05) is 17.0 Å². The fraction of sp³-hybridized carbons (Fsp3) is 0.231. The van der Waals surface area contributed by atoms with Crippen LogP contribution in [0.2, 0.25) is 0 Å². The second-order valence-corrected chi connectivity index (χ2v) is 4.44. The maximum atomic E-state index is 11.8. The smallest absolute Gasteiger partial charge is 0.265 e. The molecule has 0 fully saturated rings. The van der Waals surface area contributed by atoms with Gasteiger partial charge < -0.3 is 9.64 Å². The van der Waals surface area contributed by atoms with Gasteiger partial charge in [-0.15, -0.1) is 0 Å². The molecule has 8 heteroatoms. The highest BCUT2D eigenvalue weighted by Gasteiger charge is 2.24. The van der Waals surface area contributed by atoms with Crippen LogP contribution in [0, 0.1) is 0 Å². The number of aromatic amines is 1. The Balaban J connectivity index is 2.03. The van der Waals surface area contributed by atoms with Crippen molar-refractivity contribution in [1.29, 1.82) is 0 Å². The number of nitrogens with one attached hydrogen (secondary N) is 1. The molecule has 3 rings (SSSR count). The molecular weight excluding hydrogens is 272 g/mol. The molecule has 0 unspecified atom stereocenters. The Bertz CT molecular complexity index is 747. The first-order chi connectivity index (χ1) is 10.2. The van der Waals surface area contributed by atoms with Gasteiger partial charge in [0.05, 0.1) is 11.4 Å². The van der Waals surface area contributed by atoms with Crippen molar-refractivity contribution < 1.29 is 9.53 Å². The summed E-state index contributed by atoms with van der Waals surface area (Å²) >= 11 is 0. The van der Waals surface area contributed by atoms with Crippen molar-refractivity contribution in [1.82, 2.24) is 10.2 Å². The summed E-state index contributed by atoms with van der Waals surface area (Å²) in [6.45, 7) is 2.54. The van der Waals surface area contributed by atoms with Crippen molar-refractivity contribution in [2.24, 2.45) is 5.11 Å². The van der Waals surface area contributed by atoms with Gasteiger partial charge in [-0.25, -0.2) is 0 Å². The number of benzene rings is 1. The number of aromatic nitrogens is 2. The van der Waals surface area contributed by atoms with Crippen molar-refractivity contribution in [3.05, 3.63) is 34.7 Å². The van der Waals surface area contributed by atoms with E-state index in [2.05, 4.69) is 20.2 Å². The molecule has 21 heavy (non-hydrogen) atoms. The Labute approximate surface area is 120 Å². The average Bonchev–Trinajstić information content (AvgIpc) is 2.96. The van der Waals surface area contributed by atoms with Gasteiger partial charge in [0.25, 0.3) is 5.91 Å². The number of rotatable bonds is 3. The molecule has 0 aliphatic carbocycles. The summed E-state index contributed by atoms with van der Waals surface area (Å²) in [7, 11) is 0. The number of amides is 1. The largest absolute Gasteiger partial charge is 0.482 e. The van der Waals surface area contributed by atoms with Crippen LogP contribution < -0.4 is 9.64 Å². The number of carbonyl (C=O) groups excluding carboxylic acids is 1. The molecule has 8 nitrogen and oxygen atoms in total. The van der Waals surface area contributed by atoms with Crippen molar-refractivity contribution in [2.45, 2.75) is 6.92 Å². The van der Waals surface area contributed by atoms with Crippen molar-refractivity contribution >= 4 is 17.4 Å². The predicted octanol–water partition coefficient (Wildman–Crippen LogP) is 2.76. The number of ether oxygens (including phenoxy) is 1. The highest BCUT2D eigenvalue weighted by atomic mass is 16.5. The highest BCUT2D eigenvalue weighted by Crippen LogP contribution is 2.35. The van der Waals surface area contributed by atoms with E-state index in [4.69, 9.17) is 10.3 Å². The number of hydrogen-bond donors (Lipinski definition) is 1. The van der Waals surface area contributed by atoms with Gasteiger partial charge in [0.15, 0.2) is 6.61 Å². The molecule has 1 aromatic heterocycles. The minimum atomic E-state index is -0.0704. The molecule has 0 atom stereocenters. The molecule has 1 amide bonds. The van der Waals surface area contributed by atoms with Gasteiger partial charge >= 0.3 is 0 Å². The molecule has 1 aliphatic rings. The van der Waals surface area contributed by atoms with Gasteiger partial charge in [-0.3, -0.25) is 9.89 Å². The predicted molar refractivity (Wildman–Crippen MR) is 76.4 cm³/mol. The monoisotopic (exact) mass is 284 g/mol. The lowest BCUT2D eigenvalue weighted by Gasteiger charge is -2.28. The third kappa shape index (κ3) is 2.28. The summed E-state index contributed by atoms with van der Waals surface area (Å²) in [5.74, 6) is 0.940. The van der Waals surface area contributed by atoms with E-state index in [0.29, 0.717) is 23.8 Å². The Morgan fingerprint density at radius 1 is 1.52 bits per heavy atom. The molecule has 2 heterocycles. The zero-order chi connectivity index (χ0) is 14.8. The summed E-state index contributed by atoms with van der Waals surface area (Å²) in [6.07, 6.45) is 0. The molecule has 0 spiro atoms. The number of fused-ring (bicyclic) bond motifs is 1. The summed E-state index contributed by atoms with van der Waals surface area (Å²) in [5, 5.41) is 10.2. The second kappa shape index (κ2) is 5.18. The molecular formula is C13H12N6O2. The van der Waals surface area contributed by atoms with Gasteiger partial charge in [-0.2, -0.15) is 5.10 Å². The molecule has 1 aromatic carbocycles. The molecule has 0 radical (unpaired) electrons. The third-order valence-electron chi connectivity index (χ3n) is 3.23. The number of carbonyl (C=O) groups is 1. The fourth-order valence-electron chi connectivity index (χ4n) is 2.27. The zero-order valence-corrected chi connectivity index (χ0v) is 11.3. The van der Waals surface area contributed by atoms with Crippen LogP contribution in [0.4, 0.5) is 11.5 Å². The summed E-state index contributed by atoms with van der Waals surface area (Å²) in [4.78, 5) is 16.2. The molecule has 0 saturated carbocycles. The number of azide groups is 1. The average molecular weight is 284 g/mol. The second-order valence-electron chi connectivity index (χ2n) is 4.44. The molecule has 0 bridgehead atoms. The number of anilines is 1. The van der Waals surface area contributed by atoms with Crippen LogP contribution in [0.5, 0.6) is 5.75 Å². The summed E-state index contributed by atoms with van der Waals surface area (Å²) < 4.78 is 5.42. The number of hydrogen-bond acceptors (Lipinski definition) is 4. The van der Waals surface area contributed by atoms with Crippen LogP contribution in [-0.4, -0.2) is 29.3 Å². The van der Waals surface area contributed by atoms with Crippen LogP contribution >= 0.6 is 0 Å². The van der Waals surface area contributed by atoms with Crippen LogP contribution in [0.15, 0.2) is 29.4 Å². The lowest BCUT2D eigenvalue weighted by atomic mass is 10.1. The van der Waals surface area contributed by atoms with E-state index in [1.807, 2.05) is 25.1 Å². The van der Waals surface area contributed by atoms with E-state index in [9.17, 15) is 4.79 Å². The third-order valence-corrected chi connectivity index (χ3v) is 3.23. The van der Waals surface area contributed by atoms with E-state index in [0.717, 1.165) is 11.3 Å². The summed E-state index contributed by atoms with van der Waals surface area (Å²) in [6, 6.07) is 7.13. The first-order valence-corrected chi connectivity index (χ1v) is 6.41. The Hall–Kier alpha value is -2.99. The van der Waals surface area contributed by atoms with Gasteiger partial charge in [-0.05, 0) is 41.8 Å². The number of H-pyrrole nitrogens is 1. The first-order valence-electron chi connectivity index (χ1n) is 6.41. The van der Waals surface area contributed by atoms with E-state index >= 15 is 0 Å². The molecule has 1 aliphatic heterocycles. The van der Waals surface area contributed by atoms with Crippen molar-refractivity contribution in [3.63, 3.8) is 0 Å². The van der Waals surface area contributed by atoms with Crippen LogP contribution in [0.1, 0.15) is 6.92 Å². The highest BCUT2D eigenvalue weighted by molar-refractivity contribution is 5.98. The van der Waals surface area contributed by atoms with E-state index in [-0.39, 0.29) is 12.5 Å². The minimum absolute atomic E-state index is 0.0592. The molecule has 106 valence electrons. The number of nitrogens with zero attached hydrogens (tertiary/aromatic N) is 5. The van der Waals surface area contributed by atoms with Gasteiger partial charge in [0.1, 0.15) is 11.6 Å². The Morgan fingerprint density at radius 2 is 2.38 bits per heavy atom. The van der Waals surface area contributed by atoms with Crippen LogP contribution in [-0.2, 0) is 4.79 Å². The maximum Gasteiger partial charge on any atom is 0.265 e. The maximum absolute atomic E-state index is 11.8. The van der Waals surface area contributed by atoms with Gasteiger partial charge in [0.2, 0.25) is 0 Å². The van der Waals surface area contributed by atoms with E-state index in [1.165, 1.54) is 0 Å². The standard InChI is InChI=1S/C13H12N6O2/c1-2-19-10-5-8(3-4-11(10)21-7-13(19)20)9-6-12(16-15-9)17-18-14/h3-6H,2,7H2,1H3,(H,15,16).